The number of likely N-dealkylation sites (N-methyl/N-ethyl adjacent to an activating group) is 1. The van der Waals surface area contributed by atoms with E-state index >= 15 is 0 Å². The first-order valence-corrected chi connectivity index (χ1v) is 5.71. The number of likely N-dealkylation sites (tertiary alicyclic amines) is 1. The highest BCUT2D eigenvalue weighted by Crippen LogP contribution is 2.28. The number of aryl methyl sites for hydroxylation is 1. The standard InChI is InChI=1S/C11H20N4/c1-3-15-10(6-7-13-15)11-9(12)5-4-8-14(11)2/h6-7,9,11H,3-5,8,12H2,1-2H3. The predicted molar refractivity (Wildman–Crippen MR) is 60.5 cm³/mol. The smallest absolute Gasteiger partial charge is 0.0668 e. The molecule has 0 radical (unpaired) electrons. The van der Waals surface area contributed by atoms with E-state index in [-0.39, 0.29) is 6.04 Å². The van der Waals surface area contributed by atoms with E-state index in [2.05, 4.69) is 30.0 Å². The quantitative estimate of drug-likeness (QED) is 0.788. The van der Waals surface area contributed by atoms with Gasteiger partial charge in [0.15, 0.2) is 0 Å². The van der Waals surface area contributed by atoms with Crippen molar-refractivity contribution in [2.75, 3.05) is 13.6 Å². The van der Waals surface area contributed by atoms with Crippen LogP contribution in [0.5, 0.6) is 0 Å². The van der Waals surface area contributed by atoms with Gasteiger partial charge in [-0.1, -0.05) is 0 Å². The lowest BCUT2D eigenvalue weighted by atomic mass is 9.95. The van der Waals surface area contributed by atoms with E-state index in [4.69, 9.17) is 5.73 Å². The molecule has 15 heavy (non-hydrogen) atoms. The summed E-state index contributed by atoms with van der Waals surface area (Å²) < 4.78 is 2.05. The summed E-state index contributed by atoms with van der Waals surface area (Å²) in [5.74, 6) is 0. The Hall–Kier alpha value is -0.870. The summed E-state index contributed by atoms with van der Waals surface area (Å²) in [5, 5.41) is 4.31. The molecule has 2 unspecified atom stereocenters. The summed E-state index contributed by atoms with van der Waals surface area (Å²) in [6.07, 6.45) is 4.19. The molecule has 2 rings (SSSR count). The summed E-state index contributed by atoms with van der Waals surface area (Å²) in [4.78, 5) is 2.34. The second kappa shape index (κ2) is 4.33. The van der Waals surface area contributed by atoms with Crippen LogP contribution in [0.3, 0.4) is 0 Å². The first-order valence-electron chi connectivity index (χ1n) is 5.71. The Morgan fingerprint density at radius 1 is 1.60 bits per heavy atom. The first-order chi connectivity index (χ1) is 7.24. The van der Waals surface area contributed by atoms with Gasteiger partial charge in [-0.2, -0.15) is 5.10 Å². The molecule has 1 saturated heterocycles. The van der Waals surface area contributed by atoms with Gasteiger partial charge in [0, 0.05) is 18.8 Å². The number of aromatic nitrogens is 2. The molecule has 0 aromatic carbocycles. The Bertz CT molecular complexity index is 310. The van der Waals surface area contributed by atoms with Crippen LogP contribution in [0.25, 0.3) is 0 Å². The van der Waals surface area contributed by atoms with Crippen molar-refractivity contribution in [1.29, 1.82) is 0 Å². The Labute approximate surface area is 91.1 Å². The van der Waals surface area contributed by atoms with Crippen molar-refractivity contribution >= 4 is 0 Å². The molecule has 1 aromatic heterocycles. The van der Waals surface area contributed by atoms with Crippen LogP contribution in [0.4, 0.5) is 0 Å². The van der Waals surface area contributed by atoms with Crippen LogP contribution in [0.2, 0.25) is 0 Å². The van der Waals surface area contributed by atoms with E-state index in [0.29, 0.717) is 6.04 Å². The average molecular weight is 208 g/mol. The molecule has 1 aliphatic heterocycles. The summed E-state index contributed by atoms with van der Waals surface area (Å²) in [7, 11) is 2.15. The Morgan fingerprint density at radius 2 is 2.40 bits per heavy atom. The van der Waals surface area contributed by atoms with Crippen molar-refractivity contribution in [3.63, 3.8) is 0 Å². The Balaban J connectivity index is 2.27. The second-order valence-electron chi connectivity index (χ2n) is 4.30. The molecule has 84 valence electrons. The summed E-state index contributed by atoms with van der Waals surface area (Å²) >= 11 is 0. The maximum atomic E-state index is 6.20. The van der Waals surface area contributed by atoms with E-state index in [9.17, 15) is 0 Å². The van der Waals surface area contributed by atoms with Crippen LogP contribution >= 0.6 is 0 Å². The highest BCUT2D eigenvalue weighted by atomic mass is 15.3. The summed E-state index contributed by atoms with van der Waals surface area (Å²) in [5.41, 5.74) is 7.46. The maximum absolute atomic E-state index is 6.20. The molecule has 1 aliphatic rings. The van der Waals surface area contributed by atoms with E-state index in [1.54, 1.807) is 0 Å². The lowest BCUT2D eigenvalue weighted by molar-refractivity contribution is 0.154. The number of nitrogens with zero attached hydrogens (tertiary/aromatic N) is 3. The van der Waals surface area contributed by atoms with Crippen molar-refractivity contribution in [1.82, 2.24) is 14.7 Å². The Morgan fingerprint density at radius 3 is 3.07 bits per heavy atom. The Kier molecular flexibility index (Phi) is 3.07. The van der Waals surface area contributed by atoms with Crippen molar-refractivity contribution in [3.8, 4) is 0 Å². The highest BCUT2D eigenvalue weighted by molar-refractivity contribution is 5.11. The molecule has 1 aromatic rings. The molecule has 0 bridgehead atoms. The van der Waals surface area contributed by atoms with Gasteiger partial charge >= 0.3 is 0 Å². The third-order valence-electron chi connectivity index (χ3n) is 3.28. The molecular formula is C11H20N4. The van der Waals surface area contributed by atoms with Crippen LogP contribution in [0.15, 0.2) is 12.3 Å². The zero-order valence-corrected chi connectivity index (χ0v) is 9.56. The third-order valence-corrected chi connectivity index (χ3v) is 3.28. The van der Waals surface area contributed by atoms with Gasteiger partial charge in [0.05, 0.1) is 11.7 Å². The second-order valence-corrected chi connectivity index (χ2v) is 4.30. The molecule has 2 atom stereocenters. The zero-order chi connectivity index (χ0) is 10.8. The fraction of sp³-hybridized carbons (Fsp3) is 0.727. The molecule has 0 aliphatic carbocycles. The molecule has 0 amide bonds. The van der Waals surface area contributed by atoms with E-state index in [0.717, 1.165) is 19.5 Å². The molecule has 4 nitrogen and oxygen atoms in total. The van der Waals surface area contributed by atoms with Crippen molar-refractivity contribution in [3.05, 3.63) is 18.0 Å². The number of hydrogen-bond acceptors (Lipinski definition) is 3. The van der Waals surface area contributed by atoms with Crippen LogP contribution in [-0.2, 0) is 6.54 Å². The van der Waals surface area contributed by atoms with E-state index < -0.39 is 0 Å². The highest BCUT2D eigenvalue weighted by Gasteiger charge is 2.29. The van der Waals surface area contributed by atoms with Gasteiger partial charge < -0.3 is 5.73 Å². The molecule has 2 heterocycles. The zero-order valence-electron chi connectivity index (χ0n) is 9.56. The third kappa shape index (κ3) is 1.92. The molecule has 2 N–H and O–H groups in total. The van der Waals surface area contributed by atoms with Crippen molar-refractivity contribution in [2.45, 2.75) is 38.4 Å². The fourth-order valence-corrected chi connectivity index (χ4v) is 2.50. The fourth-order valence-electron chi connectivity index (χ4n) is 2.50. The number of piperidine rings is 1. The largest absolute Gasteiger partial charge is 0.326 e. The lowest BCUT2D eigenvalue weighted by Gasteiger charge is -2.37. The van der Waals surface area contributed by atoms with Crippen LogP contribution in [-0.4, -0.2) is 34.3 Å². The molecule has 0 spiro atoms. The average Bonchev–Trinajstić information content (AvgIpc) is 2.65. The molecule has 4 heteroatoms. The van der Waals surface area contributed by atoms with Gasteiger partial charge in [-0.15, -0.1) is 0 Å². The number of rotatable bonds is 2. The minimum Gasteiger partial charge on any atom is -0.326 e. The van der Waals surface area contributed by atoms with Gasteiger partial charge in [0.2, 0.25) is 0 Å². The van der Waals surface area contributed by atoms with Crippen LogP contribution in [0, 0.1) is 0 Å². The van der Waals surface area contributed by atoms with Crippen LogP contribution < -0.4 is 5.73 Å². The van der Waals surface area contributed by atoms with Gasteiger partial charge in [-0.3, -0.25) is 9.58 Å². The van der Waals surface area contributed by atoms with E-state index in [1.807, 2.05) is 10.9 Å². The predicted octanol–water partition coefficient (Wildman–Crippen LogP) is 0.997. The molecule has 0 saturated carbocycles. The van der Waals surface area contributed by atoms with Crippen molar-refractivity contribution < 1.29 is 0 Å². The molecular weight excluding hydrogens is 188 g/mol. The lowest BCUT2D eigenvalue weighted by Crippen LogP contribution is -2.44. The SMILES string of the molecule is CCn1nccc1C1C(N)CCCN1C. The summed E-state index contributed by atoms with van der Waals surface area (Å²) in [6.45, 7) is 4.16. The van der Waals surface area contributed by atoms with Crippen LogP contribution in [0.1, 0.15) is 31.5 Å². The normalized spacial score (nSPS) is 28.2. The van der Waals surface area contributed by atoms with Crippen molar-refractivity contribution in [2.24, 2.45) is 5.73 Å². The first kappa shape index (κ1) is 10.6. The van der Waals surface area contributed by atoms with Gasteiger partial charge in [-0.25, -0.2) is 0 Å². The van der Waals surface area contributed by atoms with Gasteiger partial charge in [-0.05, 0) is 39.4 Å². The minimum absolute atomic E-state index is 0.241. The number of hydrogen-bond donors (Lipinski definition) is 1. The minimum atomic E-state index is 0.241. The maximum Gasteiger partial charge on any atom is 0.0668 e. The summed E-state index contributed by atoms with van der Waals surface area (Å²) in [6, 6.07) is 2.67. The van der Waals surface area contributed by atoms with E-state index in [1.165, 1.54) is 12.1 Å². The monoisotopic (exact) mass is 208 g/mol. The number of nitrogens with two attached hydrogens (primary N) is 1. The van der Waals surface area contributed by atoms with Gasteiger partial charge in [0.25, 0.3) is 0 Å². The topological polar surface area (TPSA) is 47.1 Å². The van der Waals surface area contributed by atoms with Gasteiger partial charge in [0.1, 0.15) is 0 Å². The molecule has 1 fully saturated rings.